The maximum Gasteiger partial charge on any atom is 0.279 e. The lowest BCUT2D eigenvalue weighted by Crippen LogP contribution is -2.17. The highest BCUT2D eigenvalue weighted by Crippen LogP contribution is 2.21. The lowest BCUT2D eigenvalue weighted by atomic mass is 10.1. The van der Waals surface area contributed by atoms with E-state index in [0.717, 1.165) is 0 Å². The summed E-state index contributed by atoms with van der Waals surface area (Å²) in [5.41, 5.74) is 2.39. The summed E-state index contributed by atoms with van der Waals surface area (Å²) >= 11 is 0. The quantitative estimate of drug-likeness (QED) is 0.722. The topological polar surface area (TPSA) is 81.2 Å². The number of hydrogen-bond donors (Lipinski definition) is 1. The fourth-order valence-electron chi connectivity index (χ4n) is 2.38. The summed E-state index contributed by atoms with van der Waals surface area (Å²) in [5.74, 6) is -0.333. The zero-order valence-electron chi connectivity index (χ0n) is 13.9. The number of hydrogen-bond acceptors (Lipinski definition) is 5. The van der Waals surface area contributed by atoms with E-state index in [2.05, 4.69) is 15.3 Å². The normalized spacial score (nSPS) is 10.5. The highest BCUT2D eigenvalue weighted by atomic mass is 16.5. The van der Waals surface area contributed by atoms with E-state index in [1.807, 2.05) is 25.1 Å². The van der Waals surface area contributed by atoms with Crippen LogP contribution in [0.15, 0.2) is 48.5 Å². The Morgan fingerprint density at radius 1 is 1.04 bits per heavy atom. The second-order valence-electron chi connectivity index (χ2n) is 5.39. The summed E-state index contributed by atoms with van der Waals surface area (Å²) in [6.45, 7) is 3.66. The molecule has 1 aromatic heterocycles. The maximum atomic E-state index is 12.7. The number of aromatic nitrogens is 2. The Bertz CT molecular complexity index is 954. The number of anilines is 1. The number of ether oxygens (including phenoxy) is 1. The van der Waals surface area contributed by atoms with Crippen LogP contribution in [0.1, 0.15) is 34.7 Å². The number of carbonyl (C=O) groups is 2. The predicted octanol–water partition coefficient (Wildman–Crippen LogP) is 3.48. The number of ketones is 1. The van der Waals surface area contributed by atoms with Crippen LogP contribution in [0.25, 0.3) is 11.0 Å². The van der Waals surface area contributed by atoms with Crippen LogP contribution in [-0.4, -0.2) is 28.3 Å². The van der Waals surface area contributed by atoms with Crippen molar-refractivity contribution in [2.45, 2.75) is 13.8 Å². The first-order chi connectivity index (χ1) is 12.1. The Morgan fingerprint density at radius 3 is 2.44 bits per heavy atom. The summed E-state index contributed by atoms with van der Waals surface area (Å²) < 4.78 is 5.48. The minimum absolute atomic E-state index is 0.0726. The molecule has 0 saturated carbocycles. The second kappa shape index (κ2) is 7.09. The van der Waals surface area contributed by atoms with Crippen LogP contribution in [0.3, 0.4) is 0 Å². The SMILES string of the molecule is CCOc1nc2ccccc2nc1C(=O)Nc1cccc(C(C)=O)c1. The van der Waals surface area contributed by atoms with E-state index in [4.69, 9.17) is 4.74 Å². The van der Waals surface area contributed by atoms with E-state index in [0.29, 0.717) is 28.9 Å². The van der Waals surface area contributed by atoms with Gasteiger partial charge in [-0.15, -0.1) is 0 Å². The molecule has 0 aliphatic heterocycles. The molecule has 3 rings (SSSR count). The van der Waals surface area contributed by atoms with Gasteiger partial charge in [0.25, 0.3) is 5.91 Å². The molecule has 6 heteroatoms. The molecule has 1 N–H and O–H groups in total. The van der Waals surface area contributed by atoms with Gasteiger partial charge in [-0.3, -0.25) is 9.59 Å². The average Bonchev–Trinajstić information content (AvgIpc) is 2.61. The Balaban J connectivity index is 1.97. The van der Waals surface area contributed by atoms with Gasteiger partial charge in [-0.2, -0.15) is 0 Å². The van der Waals surface area contributed by atoms with Crippen molar-refractivity contribution in [3.05, 3.63) is 59.8 Å². The van der Waals surface area contributed by atoms with Gasteiger partial charge in [0.15, 0.2) is 11.5 Å². The first kappa shape index (κ1) is 16.6. The van der Waals surface area contributed by atoms with Gasteiger partial charge >= 0.3 is 0 Å². The van der Waals surface area contributed by atoms with Gasteiger partial charge in [-0.25, -0.2) is 9.97 Å². The number of nitrogens with one attached hydrogen (secondary N) is 1. The number of nitrogens with zero attached hydrogens (tertiary/aromatic N) is 2. The lowest BCUT2D eigenvalue weighted by Gasteiger charge is -2.10. The fraction of sp³-hybridized carbons (Fsp3) is 0.158. The van der Waals surface area contributed by atoms with E-state index in [-0.39, 0.29) is 17.4 Å². The van der Waals surface area contributed by atoms with E-state index < -0.39 is 5.91 Å². The number of amides is 1. The first-order valence-corrected chi connectivity index (χ1v) is 7.90. The molecule has 1 amide bonds. The van der Waals surface area contributed by atoms with Crippen LogP contribution in [0.2, 0.25) is 0 Å². The van der Waals surface area contributed by atoms with E-state index in [1.165, 1.54) is 6.92 Å². The van der Waals surface area contributed by atoms with Crippen LogP contribution in [0.4, 0.5) is 5.69 Å². The third-order valence-electron chi connectivity index (χ3n) is 3.56. The summed E-state index contributed by atoms with van der Waals surface area (Å²) in [6.07, 6.45) is 0. The predicted molar refractivity (Wildman–Crippen MR) is 95.1 cm³/mol. The van der Waals surface area contributed by atoms with Crippen LogP contribution in [0.5, 0.6) is 5.88 Å². The van der Waals surface area contributed by atoms with Gasteiger partial charge in [-0.05, 0) is 38.1 Å². The summed E-state index contributed by atoms with van der Waals surface area (Å²) in [5, 5.41) is 2.74. The largest absolute Gasteiger partial charge is 0.476 e. The molecule has 0 fully saturated rings. The summed E-state index contributed by atoms with van der Waals surface area (Å²) in [4.78, 5) is 32.9. The van der Waals surface area contributed by atoms with Crippen molar-refractivity contribution in [1.82, 2.24) is 9.97 Å². The summed E-state index contributed by atoms with van der Waals surface area (Å²) in [7, 11) is 0. The van der Waals surface area contributed by atoms with Crippen molar-refractivity contribution in [3.8, 4) is 5.88 Å². The van der Waals surface area contributed by atoms with Crippen molar-refractivity contribution < 1.29 is 14.3 Å². The van der Waals surface area contributed by atoms with Gasteiger partial charge in [0.05, 0.1) is 17.6 Å². The third-order valence-corrected chi connectivity index (χ3v) is 3.56. The Labute approximate surface area is 144 Å². The van der Waals surface area contributed by atoms with Crippen LogP contribution >= 0.6 is 0 Å². The Morgan fingerprint density at radius 2 is 1.76 bits per heavy atom. The minimum Gasteiger partial charge on any atom is -0.476 e. The minimum atomic E-state index is -0.442. The monoisotopic (exact) mass is 335 g/mol. The molecule has 0 unspecified atom stereocenters. The maximum absolute atomic E-state index is 12.7. The van der Waals surface area contributed by atoms with Crippen LogP contribution in [0, 0.1) is 0 Å². The number of fused-ring (bicyclic) bond motifs is 1. The Hall–Kier alpha value is -3.28. The number of carbonyl (C=O) groups excluding carboxylic acids is 2. The molecule has 0 aliphatic carbocycles. The molecule has 0 saturated heterocycles. The average molecular weight is 335 g/mol. The van der Waals surface area contributed by atoms with Gasteiger partial charge in [-0.1, -0.05) is 24.3 Å². The van der Waals surface area contributed by atoms with Crippen molar-refractivity contribution in [2.75, 3.05) is 11.9 Å². The molecule has 25 heavy (non-hydrogen) atoms. The van der Waals surface area contributed by atoms with Crippen molar-refractivity contribution in [2.24, 2.45) is 0 Å². The van der Waals surface area contributed by atoms with Crippen LogP contribution in [-0.2, 0) is 0 Å². The molecule has 2 aromatic carbocycles. The van der Waals surface area contributed by atoms with Crippen molar-refractivity contribution in [3.63, 3.8) is 0 Å². The number of Topliss-reactive ketones (excluding diaryl/α,β-unsaturated/α-hetero) is 1. The van der Waals surface area contributed by atoms with Gasteiger partial charge in [0, 0.05) is 11.3 Å². The zero-order chi connectivity index (χ0) is 17.8. The molecule has 0 atom stereocenters. The molecule has 6 nitrogen and oxygen atoms in total. The second-order valence-corrected chi connectivity index (χ2v) is 5.39. The Kier molecular flexibility index (Phi) is 4.70. The van der Waals surface area contributed by atoms with E-state index in [1.54, 1.807) is 30.3 Å². The number of benzene rings is 2. The highest BCUT2D eigenvalue weighted by Gasteiger charge is 2.18. The molecule has 126 valence electrons. The first-order valence-electron chi connectivity index (χ1n) is 7.90. The summed E-state index contributed by atoms with van der Waals surface area (Å²) in [6, 6.07) is 14.0. The number of para-hydroxylation sites is 2. The molecule has 1 heterocycles. The molecule has 0 radical (unpaired) electrons. The lowest BCUT2D eigenvalue weighted by molar-refractivity contribution is 0.100. The smallest absolute Gasteiger partial charge is 0.279 e. The zero-order valence-corrected chi connectivity index (χ0v) is 13.9. The molecular formula is C19H17N3O3. The van der Waals surface area contributed by atoms with Gasteiger partial charge in [0.2, 0.25) is 5.88 Å². The van der Waals surface area contributed by atoms with Gasteiger partial charge < -0.3 is 10.1 Å². The molecule has 0 aliphatic rings. The standard InChI is InChI=1S/C19H17N3O3/c1-3-25-19-17(21-15-9-4-5-10-16(15)22-19)18(24)20-14-8-6-7-13(11-14)12(2)23/h4-11H,3H2,1-2H3,(H,20,24). The molecular weight excluding hydrogens is 318 g/mol. The van der Waals surface area contributed by atoms with E-state index in [9.17, 15) is 9.59 Å². The van der Waals surface area contributed by atoms with Crippen molar-refractivity contribution in [1.29, 1.82) is 0 Å². The molecule has 0 spiro atoms. The molecule has 3 aromatic rings. The van der Waals surface area contributed by atoms with Crippen molar-refractivity contribution >= 4 is 28.4 Å². The fourth-order valence-corrected chi connectivity index (χ4v) is 2.38. The van der Waals surface area contributed by atoms with Crippen LogP contribution < -0.4 is 10.1 Å². The highest BCUT2D eigenvalue weighted by molar-refractivity contribution is 6.06. The third kappa shape index (κ3) is 3.63. The number of rotatable bonds is 5. The van der Waals surface area contributed by atoms with Gasteiger partial charge in [0.1, 0.15) is 0 Å². The molecule has 0 bridgehead atoms. The van der Waals surface area contributed by atoms with E-state index >= 15 is 0 Å².